The lowest BCUT2D eigenvalue weighted by Crippen LogP contribution is -2.40. The first-order valence-electron chi connectivity index (χ1n) is 8.81. The van der Waals surface area contributed by atoms with Crippen LogP contribution in [0.3, 0.4) is 0 Å². The lowest BCUT2D eigenvalue weighted by Gasteiger charge is -2.22. The summed E-state index contributed by atoms with van der Waals surface area (Å²) in [5.74, 6) is -1.85. The number of hydrogen-bond acceptors (Lipinski definition) is 5. The summed E-state index contributed by atoms with van der Waals surface area (Å²) in [6.07, 6.45) is -1.07. The van der Waals surface area contributed by atoms with Gasteiger partial charge in [0.1, 0.15) is 12.4 Å². The molecule has 0 fully saturated rings. The average molecular weight is 422 g/mol. The Morgan fingerprint density at radius 1 is 1.03 bits per heavy atom. The van der Waals surface area contributed by atoms with E-state index in [1.807, 2.05) is 30.3 Å². The zero-order valence-electron chi connectivity index (χ0n) is 16.4. The molecule has 2 aromatic carbocycles. The molecule has 0 aliphatic heterocycles. The van der Waals surface area contributed by atoms with Crippen molar-refractivity contribution in [2.45, 2.75) is 24.5 Å². The molecule has 156 valence electrons. The number of carbonyl (C=O) groups excluding carboxylic acids is 2. The lowest BCUT2D eigenvalue weighted by atomic mass is 10.2. The molecule has 2 aromatic rings. The van der Waals surface area contributed by atoms with Crippen molar-refractivity contribution in [3.05, 3.63) is 66.0 Å². The molecule has 0 bridgehead atoms. The minimum atomic E-state index is -3.99. The molecule has 9 heteroatoms. The summed E-state index contributed by atoms with van der Waals surface area (Å²) in [5, 5.41) is 0. The third-order valence-electron chi connectivity index (χ3n) is 4.17. The maximum atomic E-state index is 13.0. The van der Waals surface area contributed by atoms with Gasteiger partial charge in [0.2, 0.25) is 10.0 Å². The normalized spacial score (nSPS) is 12.4. The zero-order valence-corrected chi connectivity index (χ0v) is 17.2. The first-order valence-corrected chi connectivity index (χ1v) is 10.3. The highest BCUT2D eigenvalue weighted by molar-refractivity contribution is 7.89. The zero-order chi connectivity index (χ0) is 21.6. The van der Waals surface area contributed by atoms with Crippen molar-refractivity contribution in [3.63, 3.8) is 0 Å². The Morgan fingerprint density at radius 2 is 1.62 bits per heavy atom. The van der Waals surface area contributed by atoms with Crippen LogP contribution in [0.5, 0.6) is 0 Å². The quantitative estimate of drug-likeness (QED) is 0.608. The second-order valence-corrected chi connectivity index (χ2v) is 8.57. The molecule has 0 spiro atoms. The van der Waals surface area contributed by atoms with Crippen molar-refractivity contribution in [3.8, 4) is 0 Å². The van der Waals surface area contributed by atoms with Crippen molar-refractivity contribution in [1.29, 1.82) is 0 Å². The van der Waals surface area contributed by atoms with Gasteiger partial charge in [-0.2, -0.15) is 4.31 Å². The fourth-order valence-corrected chi connectivity index (χ4v) is 3.70. The van der Waals surface area contributed by atoms with E-state index in [4.69, 9.17) is 4.74 Å². The number of carbonyl (C=O) groups is 2. The third-order valence-corrected chi connectivity index (χ3v) is 5.99. The van der Waals surface area contributed by atoms with Crippen LogP contribution in [-0.2, 0) is 30.9 Å². The molecular formula is C20H23FN2O5S. The van der Waals surface area contributed by atoms with Crippen molar-refractivity contribution < 1.29 is 27.1 Å². The van der Waals surface area contributed by atoms with Crippen molar-refractivity contribution in [2.75, 3.05) is 20.6 Å². The molecule has 0 aromatic heterocycles. The molecule has 1 atom stereocenters. The predicted molar refractivity (Wildman–Crippen MR) is 105 cm³/mol. The Morgan fingerprint density at radius 3 is 2.21 bits per heavy atom. The van der Waals surface area contributed by atoms with Crippen LogP contribution in [-0.4, -0.2) is 56.2 Å². The second-order valence-electron chi connectivity index (χ2n) is 6.53. The number of ether oxygens (including phenoxy) is 1. The summed E-state index contributed by atoms with van der Waals surface area (Å²) in [5.41, 5.74) is 0.923. The molecule has 29 heavy (non-hydrogen) atoms. The average Bonchev–Trinajstić information content (AvgIpc) is 2.68. The van der Waals surface area contributed by atoms with Gasteiger partial charge in [0.15, 0.2) is 6.10 Å². The molecule has 0 saturated carbocycles. The molecule has 0 heterocycles. The predicted octanol–water partition coefficient (Wildman–Crippen LogP) is 2.04. The number of esters is 1. The molecule has 0 radical (unpaired) electrons. The van der Waals surface area contributed by atoms with Gasteiger partial charge in [-0.05, 0) is 36.8 Å². The number of rotatable bonds is 8. The van der Waals surface area contributed by atoms with Crippen LogP contribution in [0.15, 0.2) is 59.5 Å². The van der Waals surface area contributed by atoms with E-state index in [2.05, 4.69) is 0 Å². The number of benzene rings is 2. The van der Waals surface area contributed by atoms with E-state index < -0.39 is 40.4 Å². The Hall–Kier alpha value is -2.78. The van der Waals surface area contributed by atoms with Gasteiger partial charge in [0, 0.05) is 20.6 Å². The molecule has 0 aliphatic carbocycles. The SMILES string of the molecule is C[C@@H](OC(=O)CN(C)S(=O)(=O)c1ccc(F)cc1)C(=O)N(C)Cc1ccccc1. The Kier molecular flexibility index (Phi) is 7.46. The van der Waals surface area contributed by atoms with Gasteiger partial charge in [-0.15, -0.1) is 0 Å². The smallest absolute Gasteiger partial charge is 0.322 e. The minimum absolute atomic E-state index is 0.152. The van der Waals surface area contributed by atoms with Gasteiger partial charge in [-0.1, -0.05) is 30.3 Å². The lowest BCUT2D eigenvalue weighted by molar-refractivity contribution is -0.158. The Labute approximate surface area is 169 Å². The maximum Gasteiger partial charge on any atom is 0.322 e. The fourth-order valence-electron chi connectivity index (χ4n) is 2.58. The number of halogens is 1. The number of hydrogen-bond donors (Lipinski definition) is 0. The molecule has 1 amide bonds. The first kappa shape index (κ1) is 22.5. The Bertz CT molecular complexity index is 949. The van der Waals surface area contributed by atoms with Crippen LogP contribution in [0.4, 0.5) is 4.39 Å². The van der Waals surface area contributed by atoms with Crippen LogP contribution in [0.25, 0.3) is 0 Å². The van der Waals surface area contributed by atoms with Gasteiger partial charge in [-0.3, -0.25) is 9.59 Å². The summed E-state index contributed by atoms with van der Waals surface area (Å²) >= 11 is 0. The van der Waals surface area contributed by atoms with Gasteiger partial charge >= 0.3 is 5.97 Å². The molecule has 2 rings (SSSR count). The molecule has 0 unspecified atom stereocenters. The summed E-state index contributed by atoms with van der Waals surface area (Å²) in [7, 11) is -1.20. The molecule has 7 nitrogen and oxygen atoms in total. The van der Waals surface area contributed by atoms with Gasteiger partial charge in [0.25, 0.3) is 5.91 Å². The summed E-state index contributed by atoms with van der Waals surface area (Å²) in [4.78, 5) is 25.8. The monoisotopic (exact) mass is 422 g/mol. The number of nitrogens with zero attached hydrogens (tertiary/aromatic N) is 2. The minimum Gasteiger partial charge on any atom is -0.452 e. The van der Waals surface area contributed by atoms with Crippen molar-refractivity contribution >= 4 is 21.9 Å². The van der Waals surface area contributed by atoms with Crippen LogP contribution in [0, 0.1) is 5.82 Å². The number of amides is 1. The summed E-state index contributed by atoms with van der Waals surface area (Å²) < 4.78 is 43.7. The van der Waals surface area contributed by atoms with Crippen LogP contribution in [0.2, 0.25) is 0 Å². The standard InChI is InChI=1S/C20H23FN2O5S/c1-15(20(25)22(2)13-16-7-5-4-6-8-16)28-19(24)14-23(3)29(26,27)18-11-9-17(21)10-12-18/h4-12,15H,13-14H2,1-3H3/t15-/m1/s1. The molecule has 0 N–H and O–H groups in total. The number of likely N-dealkylation sites (N-methyl/N-ethyl adjacent to an activating group) is 2. The van der Waals surface area contributed by atoms with Gasteiger partial charge in [-0.25, -0.2) is 12.8 Å². The maximum absolute atomic E-state index is 13.0. The van der Waals surface area contributed by atoms with E-state index in [1.165, 1.54) is 18.9 Å². The van der Waals surface area contributed by atoms with Crippen molar-refractivity contribution in [1.82, 2.24) is 9.21 Å². The fraction of sp³-hybridized carbons (Fsp3) is 0.300. The highest BCUT2D eigenvalue weighted by Gasteiger charge is 2.26. The Balaban J connectivity index is 1.93. The van der Waals surface area contributed by atoms with Gasteiger partial charge < -0.3 is 9.64 Å². The molecule has 0 saturated heterocycles. The highest BCUT2D eigenvalue weighted by atomic mass is 32.2. The highest BCUT2D eigenvalue weighted by Crippen LogP contribution is 2.15. The van der Waals surface area contributed by atoms with E-state index in [-0.39, 0.29) is 4.90 Å². The van der Waals surface area contributed by atoms with E-state index in [9.17, 15) is 22.4 Å². The summed E-state index contributed by atoms with van der Waals surface area (Å²) in [6.45, 7) is 1.19. The van der Waals surface area contributed by atoms with Crippen LogP contribution >= 0.6 is 0 Å². The first-order chi connectivity index (χ1) is 13.6. The number of sulfonamides is 1. The molecule has 0 aliphatic rings. The van der Waals surface area contributed by atoms with Crippen molar-refractivity contribution in [2.24, 2.45) is 0 Å². The largest absolute Gasteiger partial charge is 0.452 e. The van der Waals surface area contributed by atoms with E-state index in [0.717, 1.165) is 34.1 Å². The van der Waals surface area contributed by atoms with Crippen LogP contribution in [0.1, 0.15) is 12.5 Å². The topological polar surface area (TPSA) is 84.0 Å². The van der Waals surface area contributed by atoms with Crippen LogP contribution < -0.4 is 0 Å². The second kappa shape index (κ2) is 9.62. The molecular weight excluding hydrogens is 399 g/mol. The van der Waals surface area contributed by atoms with E-state index >= 15 is 0 Å². The van der Waals surface area contributed by atoms with E-state index in [0.29, 0.717) is 6.54 Å². The van der Waals surface area contributed by atoms with E-state index in [1.54, 1.807) is 7.05 Å². The van der Waals surface area contributed by atoms with Gasteiger partial charge in [0.05, 0.1) is 4.90 Å². The third kappa shape index (κ3) is 6.10. The summed E-state index contributed by atoms with van der Waals surface area (Å²) in [6, 6.07) is 13.6.